The summed E-state index contributed by atoms with van der Waals surface area (Å²) in [6.07, 6.45) is 2.40. The van der Waals surface area contributed by atoms with E-state index < -0.39 is 0 Å². The van der Waals surface area contributed by atoms with E-state index in [1.165, 1.54) is 0 Å². The van der Waals surface area contributed by atoms with Crippen LogP contribution >= 0.6 is 0 Å². The van der Waals surface area contributed by atoms with E-state index in [9.17, 15) is 0 Å². The Kier molecular flexibility index (Phi) is 13.3. The Morgan fingerprint density at radius 2 is 1.68 bits per heavy atom. The van der Waals surface area contributed by atoms with E-state index in [-0.39, 0.29) is 0 Å². The average Bonchev–Trinajstić information content (AvgIpc) is 2.47. The second kappa shape index (κ2) is 13.8. The normalized spacial score (nSPS) is 13.7. The molecule has 0 rings (SSSR count). The van der Waals surface area contributed by atoms with Gasteiger partial charge in [-0.1, -0.05) is 27.7 Å². The molecule has 5 nitrogen and oxygen atoms in total. The lowest BCUT2D eigenvalue weighted by molar-refractivity contribution is 0.0258. The second-order valence-corrected chi connectivity index (χ2v) is 6.25. The van der Waals surface area contributed by atoms with Crippen LogP contribution in [0.2, 0.25) is 0 Å². The maximum Gasteiger partial charge on any atom is 0.191 e. The molecule has 0 aliphatic carbocycles. The van der Waals surface area contributed by atoms with E-state index in [0.717, 1.165) is 45.1 Å². The fraction of sp³-hybridized carbons (Fsp3) is 0.941. The molecule has 0 aliphatic rings. The van der Waals surface area contributed by atoms with Gasteiger partial charge < -0.3 is 20.1 Å². The Hall–Kier alpha value is -0.810. The summed E-state index contributed by atoms with van der Waals surface area (Å²) in [5.41, 5.74) is 0. The van der Waals surface area contributed by atoms with Gasteiger partial charge in [0.1, 0.15) is 0 Å². The quantitative estimate of drug-likeness (QED) is 0.330. The summed E-state index contributed by atoms with van der Waals surface area (Å²) in [5.74, 6) is 2.05. The summed E-state index contributed by atoms with van der Waals surface area (Å²) >= 11 is 0. The van der Waals surface area contributed by atoms with Crippen molar-refractivity contribution in [2.24, 2.45) is 16.8 Å². The number of hydrogen-bond acceptors (Lipinski definition) is 3. The first kappa shape index (κ1) is 21.2. The third-order valence-corrected chi connectivity index (χ3v) is 3.45. The lowest BCUT2D eigenvalue weighted by Gasteiger charge is -2.21. The molecule has 0 amide bonds. The molecule has 0 aromatic carbocycles. The average molecular weight is 316 g/mol. The highest BCUT2D eigenvalue weighted by Crippen LogP contribution is 2.09. The predicted octanol–water partition coefficient (Wildman–Crippen LogP) is 2.67. The lowest BCUT2D eigenvalue weighted by Crippen LogP contribution is -2.40. The van der Waals surface area contributed by atoms with Gasteiger partial charge in [-0.15, -0.1) is 0 Å². The van der Waals surface area contributed by atoms with Crippen LogP contribution in [-0.2, 0) is 9.47 Å². The van der Waals surface area contributed by atoms with E-state index in [2.05, 4.69) is 43.3 Å². The Morgan fingerprint density at radius 1 is 1.00 bits per heavy atom. The van der Waals surface area contributed by atoms with Gasteiger partial charge >= 0.3 is 0 Å². The molecule has 0 aliphatic heterocycles. The number of aliphatic imine (C=N–C) groups is 1. The van der Waals surface area contributed by atoms with E-state index in [0.29, 0.717) is 24.5 Å². The maximum absolute atomic E-state index is 5.74. The van der Waals surface area contributed by atoms with Crippen molar-refractivity contribution < 1.29 is 9.47 Å². The van der Waals surface area contributed by atoms with Crippen LogP contribution in [0.15, 0.2) is 4.99 Å². The summed E-state index contributed by atoms with van der Waals surface area (Å²) < 4.78 is 11.3. The number of rotatable bonds is 12. The first-order chi connectivity index (χ1) is 10.5. The minimum absolute atomic E-state index is 0.301. The molecule has 22 heavy (non-hydrogen) atoms. The molecule has 0 radical (unpaired) electrons. The zero-order chi connectivity index (χ0) is 16.8. The van der Waals surface area contributed by atoms with Gasteiger partial charge in [-0.25, -0.2) is 0 Å². The number of guanidine groups is 1. The molecule has 0 aromatic heterocycles. The standard InChI is InChI=1S/C17H37N3O2/c1-7-22-16(15(4)5)8-10-19-17(18-6)20-11-13-21-12-9-14(2)3/h14-16H,7-13H2,1-6H3,(H2,18,19,20). The Labute approximate surface area is 137 Å². The van der Waals surface area contributed by atoms with Crippen molar-refractivity contribution in [3.05, 3.63) is 0 Å². The van der Waals surface area contributed by atoms with Crippen LogP contribution in [-0.4, -0.2) is 52.0 Å². The van der Waals surface area contributed by atoms with Crippen LogP contribution < -0.4 is 10.6 Å². The molecule has 1 atom stereocenters. The third-order valence-electron chi connectivity index (χ3n) is 3.45. The van der Waals surface area contributed by atoms with Crippen LogP contribution in [0.5, 0.6) is 0 Å². The fourth-order valence-electron chi connectivity index (χ4n) is 2.04. The summed E-state index contributed by atoms with van der Waals surface area (Å²) in [6, 6.07) is 0. The third kappa shape index (κ3) is 11.8. The van der Waals surface area contributed by atoms with E-state index in [1.54, 1.807) is 7.05 Å². The van der Waals surface area contributed by atoms with Gasteiger partial charge in [0.15, 0.2) is 5.96 Å². The largest absolute Gasteiger partial charge is 0.380 e. The van der Waals surface area contributed by atoms with Crippen molar-refractivity contribution >= 4 is 5.96 Å². The summed E-state index contributed by atoms with van der Waals surface area (Å²) in [4.78, 5) is 4.22. The fourth-order valence-corrected chi connectivity index (χ4v) is 2.04. The molecule has 0 bridgehead atoms. The Bertz CT molecular complexity index is 281. The molecule has 0 heterocycles. The molecule has 5 heteroatoms. The van der Waals surface area contributed by atoms with Crippen LogP contribution in [0, 0.1) is 11.8 Å². The predicted molar refractivity (Wildman–Crippen MR) is 94.5 cm³/mol. The molecule has 2 N–H and O–H groups in total. The van der Waals surface area contributed by atoms with Gasteiger partial charge in [0.25, 0.3) is 0 Å². The number of hydrogen-bond donors (Lipinski definition) is 2. The van der Waals surface area contributed by atoms with Crippen LogP contribution in [0.3, 0.4) is 0 Å². The van der Waals surface area contributed by atoms with Gasteiger partial charge in [-0.05, 0) is 31.6 Å². The van der Waals surface area contributed by atoms with Crippen molar-refractivity contribution in [1.29, 1.82) is 0 Å². The first-order valence-electron chi connectivity index (χ1n) is 8.65. The smallest absolute Gasteiger partial charge is 0.191 e. The van der Waals surface area contributed by atoms with Gasteiger partial charge in [-0.3, -0.25) is 4.99 Å². The number of nitrogens with zero attached hydrogens (tertiary/aromatic N) is 1. The first-order valence-corrected chi connectivity index (χ1v) is 8.65. The summed E-state index contributed by atoms with van der Waals surface area (Å²) in [6.45, 7) is 14.8. The summed E-state index contributed by atoms with van der Waals surface area (Å²) in [5, 5.41) is 6.59. The molecule has 0 saturated carbocycles. The van der Waals surface area contributed by atoms with Crippen molar-refractivity contribution in [1.82, 2.24) is 10.6 Å². The van der Waals surface area contributed by atoms with Gasteiger partial charge in [0.05, 0.1) is 12.7 Å². The molecule has 132 valence electrons. The van der Waals surface area contributed by atoms with Crippen LogP contribution in [0.1, 0.15) is 47.5 Å². The molecular formula is C17H37N3O2. The Morgan fingerprint density at radius 3 is 2.23 bits per heavy atom. The van der Waals surface area contributed by atoms with Crippen molar-refractivity contribution in [3.8, 4) is 0 Å². The SMILES string of the molecule is CCOC(CCNC(=NC)NCCOCCC(C)C)C(C)C. The molecule has 0 saturated heterocycles. The molecule has 0 spiro atoms. The highest BCUT2D eigenvalue weighted by atomic mass is 16.5. The monoisotopic (exact) mass is 315 g/mol. The molecular weight excluding hydrogens is 278 g/mol. The van der Waals surface area contributed by atoms with Gasteiger partial charge in [0, 0.05) is 33.4 Å². The van der Waals surface area contributed by atoms with Crippen molar-refractivity contribution in [2.45, 2.75) is 53.6 Å². The molecule has 0 fully saturated rings. The minimum Gasteiger partial charge on any atom is -0.380 e. The zero-order valence-corrected chi connectivity index (χ0v) is 15.4. The van der Waals surface area contributed by atoms with Crippen molar-refractivity contribution in [3.63, 3.8) is 0 Å². The van der Waals surface area contributed by atoms with Gasteiger partial charge in [0.2, 0.25) is 0 Å². The van der Waals surface area contributed by atoms with E-state index in [4.69, 9.17) is 9.47 Å². The highest BCUT2D eigenvalue weighted by molar-refractivity contribution is 5.79. The van der Waals surface area contributed by atoms with E-state index in [1.807, 2.05) is 6.92 Å². The highest BCUT2D eigenvalue weighted by Gasteiger charge is 2.12. The van der Waals surface area contributed by atoms with Crippen LogP contribution in [0.4, 0.5) is 0 Å². The van der Waals surface area contributed by atoms with Gasteiger partial charge in [-0.2, -0.15) is 0 Å². The molecule has 0 aromatic rings. The topological polar surface area (TPSA) is 54.9 Å². The lowest BCUT2D eigenvalue weighted by atomic mass is 10.0. The van der Waals surface area contributed by atoms with E-state index >= 15 is 0 Å². The minimum atomic E-state index is 0.301. The number of nitrogens with one attached hydrogen (secondary N) is 2. The number of ether oxygens (including phenoxy) is 2. The molecule has 1 unspecified atom stereocenters. The Balaban J connectivity index is 3.75. The second-order valence-electron chi connectivity index (χ2n) is 6.25. The maximum atomic E-state index is 5.74. The van der Waals surface area contributed by atoms with Crippen LogP contribution in [0.25, 0.3) is 0 Å². The van der Waals surface area contributed by atoms with Crippen molar-refractivity contribution in [2.75, 3.05) is 40.0 Å². The zero-order valence-electron chi connectivity index (χ0n) is 15.4. The summed E-state index contributed by atoms with van der Waals surface area (Å²) in [7, 11) is 1.79.